The number of benzene rings is 1. The van der Waals surface area contributed by atoms with E-state index >= 15 is 0 Å². The number of nitrogens with zero attached hydrogens (tertiary/aromatic N) is 2. The first-order valence-corrected chi connectivity index (χ1v) is 7.56. The van der Waals surface area contributed by atoms with E-state index in [0.29, 0.717) is 5.69 Å². The van der Waals surface area contributed by atoms with Crippen LogP contribution >= 0.6 is 0 Å². The molecule has 0 saturated heterocycles. The number of para-hydroxylation sites is 1. The van der Waals surface area contributed by atoms with E-state index in [0.717, 1.165) is 42.3 Å². The summed E-state index contributed by atoms with van der Waals surface area (Å²) in [5.74, 6) is 0.804. The molecule has 0 spiro atoms. The first kappa shape index (κ1) is 14.3. The summed E-state index contributed by atoms with van der Waals surface area (Å²) in [7, 11) is 2.06. The van der Waals surface area contributed by atoms with Crippen molar-refractivity contribution in [3.05, 3.63) is 36.0 Å². The first-order valence-electron chi connectivity index (χ1n) is 7.56. The number of aliphatic hydroxyl groups excluding tert-OH is 1. The van der Waals surface area contributed by atoms with E-state index in [-0.39, 0.29) is 6.61 Å². The fourth-order valence-corrected chi connectivity index (χ4v) is 2.46. The quantitative estimate of drug-likeness (QED) is 0.795. The smallest absolute Gasteiger partial charge is 0.0854 e. The number of pyridine rings is 1. The Bertz CT molecular complexity index is 611. The molecule has 0 bridgehead atoms. The minimum atomic E-state index is -0.0378. The molecule has 21 heavy (non-hydrogen) atoms. The van der Waals surface area contributed by atoms with Gasteiger partial charge >= 0.3 is 0 Å². The predicted octanol–water partition coefficient (Wildman–Crippen LogP) is 2.59. The van der Waals surface area contributed by atoms with Crippen LogP contribution in [0.2, 0.25) is 0 Å². The summed E-state index contributed by atoms with van der Waals surface area (Å²) in [5.41, 5.74) is 2.72. The van der Waals surface area contributed by atoms with E-state index in [1.807, 2.05) is 24.3 Å². The van der Waals surface area contributed by atoms with Gasteiger partial charge in [-0.25, -0.2) is 0 Å². The summed E-state index contributed by atoms with van der Waals surface area (Å²) < 4.78 is 5.71. The highest BCUT2D eigenvalue weighted by Crippen LogP contribution is 2.29. The Balaban J connectivity index is 1.73. The molecule has 112 valence electrons. The van der Waals surface area contributed by atoms with Gasteiger partial charge in [0.25, 0.3) is 0 Å². The van der Waals surface area contributed by atoms with Crippen molar-refractivity contribution in [2.45, 2.75) is 19.4 Å². The van der Waals surface area contributed by atoms with E-state index in [1.54, 1.807) is 0 Å². The first-order chi connectivity index (χ1) is 10.3. The van der Waals surface area contributed by atoms with Gasteiger partial charge in [-0.05, 0) is 30.9 Å². The molecule has 0 amide bonds. The second-order valence-electron chi connectivity index (χ2n) is 5.75. The highest BCUT2D eigenvalue weighted by atomic mass is 16.5. The van der Waals surface area contributed by atoms with Crippen molar-refractivity contribution in [2.24, 2.45) is 5.92 Å². The molecule has 0 atom stereocenters. The minimum Gasteiger partial charge on any atom is -0.390 e. The van der Waals surface area contributed by atoms with Gasteiger partial charge in [0.2, 0.25) is 0 Å². The molecule has 0 unspecified atom stereocenters. The number of hydrogen-bond acceptors (Lipinski definition) is 4. The Morgan fingerprint density at radius 1 is 1.33 bits per heavy atom. The Hall–Kier alpha value is -1.65. The van der Waals surface area contributed by atoms with Crippen LogP contribution in [0.15, 0.2) is 30.3 Å². The number of hydrogen-bond donors (Lipinski definition) is 1. The topological polar surface area (TPSA) is 45.6 Å². The van der Waals surface area contributed by atoms with Gasteiger partial charge in [0, 0.05) is 31.3 Å². The molecule has 3 rings (SSSR count). The monoisotopic (exact) mass is 286 g/mol. The maximum absolute atomic E-state index is 9.38. The van der Waals surface area contributed by atoms with E-state index in [4.69, 9.17) is 4.74 Å². The summed E-state index contributed by atoms with van der Waals surface area (Å²) in [6, 6.07) is 10.0. The number of ether oxygens (including phenoxy) is 1. The number of likely N-dealkylation sites (N-methyl/N-ethyl adjacent to an activating group) is 1. The van der Waals surface area contributed by atoms with Crippen molar-refractivity contribution in [3.63, 3.8) is 0 Å². The van der Waals surface area contributed by atoms with Crippen molar-refractivity contribution in [1.29, 1.82) is 0 Å². The molecular weight excluding hydrogens is 264 g/mol. The Morgan fingerprint density at radius 3 is 2.90 bits per heavy atom. The van der Waals surface area contributed by atoms with Gasteiger partial charge in [-0.15, -0.1) is 0 Å². The summed E-state index contributed by atoms with van der Waals surface area (Å²) in [4.78, 5) is 6.63. The highest BCUT2D eigenvalue weighted by molar-refractivity contribution is 5.91. The molecule has 1 aliphatic carbocycles. The summed E-state index contributed by atoms with van der Waals surface area (Å²) in [6.07, 6.45) is 2.65. The molecule has 1 N–H and O–H groups in total. The third-order valence-corrected chi connectivity index (χ3v) is 3.94. The average molecular weight is 286 g/mol. The number of aromatic nitrogens is 1. The summed E-state index contributed by atoms with van der Waals surface area (Å²) in [6.45, 7) is 2.43. The largest absolute Gasteiger partial charge is 0.390 e. The lowest BCUT2D eigenvalue weighted by Gasteiger charge is -2.21. The lowest BCUT2D eigenvalue weighted by atomic mass is 10.1. The third kappa shape index (κ3) is 3.52. The molecule has 1 aliphatic rings. The molecule has 1 aromatic heterocycles. The molecule has 0 aliphatic heterocycles. The van der Waals surface area contributed by atoms with Crippen LogP contribution in [0.4, 0.5) is 5.69 Å². The number of rotatable bonds is 7. The lowest BCUT2D eigenvalue weighted by Crippen LogP contribution is -2.23. The molecule has 1 aromatic carbocycles. The highest BCUT2D eigenvalue weighted by Gasteiger charge is 2.21. The van der Waals surface area contributed by atoms with Gasteiger partial charge in [-0.1, -0.05) is 18.2 Å². The van der Waals surface area contributed by atoms with Crippen molar-refractivity contribution in [3.8, 4) is 0 Å². The van der Waals surface area contributed by atoms with Crippen molar-refractivity contribution >= 4 is 16.6 Å². The van der Waals surface area contributed by atoms with E-state index in [1.165, 1.54) is 12.8 Å². The molecule has 4 nitrogen and oxygen atoms in total. The van der Waals surface area contributed by atoms with Gasteiger partial charge in [0.1, 0.15) is 0 Å². The lowest BCUT2D eigenvalue weighted by molar-refractivity contribution is 0.131. The summed E-state index contributed by atoms with van der Waals surface area (Å²) >= 11 is 0. The SMILES string of the molecule is CN(CCOCC1CC1)c1cc(CO)nc2ccccc12. The maximum Gasteiger partial charge on any atom is 0.0854 e. The van der Waals surface area contributed by atoms with Crippen LogP contribution in [0.25, 0.3) is 10.9 Å². The number of aliphatic hydroxyl groups is 1. The fourth-order valence-electron chi connectivity index (χ4n) is 2.46. The molecular formula is C17H22N2O2. The average Bonchev–Trinajstić information content (AvgIpc) is 3.34. The minimum absolute atomic E-state index is 0.0378. The van der Waals surface area contributed by atoms with Crippen molar-refractivity contribution < 1.29 is 9.84 Å². The third-order valence-electron chi connectivity index (χ3n) is 3.94. The Labute approximate surface area is 125 Å². The Kier molecular flexibility index (Phi) is 4.36. The van der Waals surface area contributed by atoms with E-state index < -0.39 is 0 Å². The number of fused-ring (bicyclic) bond motifs is 1. The van der Waals surface area contributed by atoms with Crippen molar-refractivity contribution in [1.82, 2.24) is 4.98 Å². The summed E-state index contributed by atoms with van der Waals surface area (Å²) in [5, 5.41) is 10.5. The van der Waals surface area contributed by atoms with Gasteiger partial charge in [0.05, 0.1) is 24.4 Å². The van der Waals surface area contributed by atoms with Gasteiger partial charge in [-0.2, -0.15) is 0 Å². The molecule has 1 saturated carbocycles. The van der Waals surface area contributed by atoms with Crippen LogP contribution < -0.4 is 4.90 Å². The van der Waals surface area contributed by atoms with Crippen LogP contribution in [0.5, 0.6) is 0 Å². The van der Waals surface area contributed by atoms with Crippen LogP contribution in [0, 0.1) is 5.92 Å². The van der Waals surface area contributed by atoms with Gasteiger partial charge in [0.15, 0.2) is 0 Å². The van der Waals surface area contributed by atoms with E-state index in [9.17, 15) is 5.11 Å². The zero-order chi connectivity index (χ0) is 14.7. The molecule has 2 aromatic rings. The molecule has 0 radical (unpaired) electrons. The normalized spacial score (nSPS) is 14.6. The van der Waals surface area contributed by atoms with Crippen molar-refractivity contribution in [2.75, 3.05) is 31.7 Å². The predicted molar refractivity (Wildman–Crippen MR) is 84.5 cm³/mol. The standard InChI is InChI=1S/C17H22N2O2/c1-19(8-9-21-12-13-6-7-13)17-10-14(11-20)18-16-5-3-2-4-15(16)17/h2-5,10,13,20H,6-9,11-12H2,1H3. The van der Waals surface area contributed by atoms with E-state index in [2.05, 4.69) is 23.0 Å². The molecule has 1 fully saturated rings. The van der Waals surface area contributed by atoms with Crippen LogP contribution in [0.1, 0.15) is 18.5 Å². The van der Waals surface area contributed by atoms with Crippen LogP contribution in [-0.4, -0.2) is 36.9 Å². The molecule has 4 heteroatoms. The van der Waals surface area contributed by atoms with Crippen LogP contribution in [0.3, 0.4) is 0 Å². The fraction of sp³-hybridized carbons (Fsp3) is 0.471. The zero-order valence-electron chi connectivity index (χ0n) is 12.5. The number of anilines is 1. The maximum atomic E-state index is 9.38. The second kappa shape index (κ2) is 6.41. The Morgan fingerprint density at radius 2 is 2.14 bits per heavy atom. The van der Waals surface area contributed by atoms with Gasteiger partial charge in [-0.3, -0.25) is 4.98 Å². The molecule has 1 heterocycles. The van der Waals surface area contributed by atoms with Gasteiger partial charge < -0.3 is 14.7 Å². The zero-order valence-corrected chi connectivity index (χ0v) is 12.5. The second-order valence-corrected chi connectivity index (χ2v) is 5.75. The van der Waals surface area contributed by atoms with Crippen LogP contribution in [-0.2, 0) is 11.3 Å².